The number of unbranched alkanes of at least 4 members (excludes halogenated alkanes) is 8. The van der Waals surface area contributed by atoms with Gasteiger partial charge in [0.25, 0.3) is 0 Å². The van der Waals surface area contributed by atoms with E-state index in [2.05, 4.69) is 24.1 Å². The minimum Gasteiger partial charge on any atom is -0.393 e. The highest BCUT2D eigenvalue weighted by Gasteiger charge is 2.13. The van der Waals surface area contributed by atoms with Gasteiger partial charge in [-0.1, -0.05) is 64.0 Å². The molecule has 1 aromatic rings. The lowest BCUT2D eigenvalue weighted by molar-refractivity contribution is 0.163. The van der Waals surface area contributed by atoms with Gasteiger partial charge in [-0.25, -0.2) is 4.98 Å². The van der Waals surface area contributed by atoms with Crippen LogP contribution in [0.4, 0.5) is 0 Å². The van der Waals surface area contributed by atoms with Crippen molar-refractivity contribution >= 4 is 0 Å². The summed E-state index contributed by atoms with van der Waals surface area (Å²) < 4.78 is 0. The zero-order valence-electron chi connectivity index (χ0n) is 17.6. The van der Waals surface area contributed by atoms with E-state index in [0.717, 1.165) is 25.7 Å². The lowest BCUT2D eigenvalue weighted by atomic mass is 10.0. The number of hydrogen-bond acceptors (Lipinski definition) is 2. The van der Waals surface area contributed by atoms with Crippen LogP contribution in [0.15, 0.2) is 12.2 Å². The molecule has 1 atom stereocenters. The number of imidazole rings is 1. The molecule has 0 unspecified atom stereocenters. The number of aliphatic hydroxyl groups excluding tert-OH is 1. The van der Waals surface area contributed by atoms with Crippen molar-refractivity contribution < 1.29 is 5.11 Å². The number of nitrogens with zero attached hydrogens (tertiary/aromatic N) is 1. The lowest BCUT2D eigenvalue weighted by Crippen LogP contribution is -2.04. The van der Waals surface area contributed by atoms with Crippen molar-refractivity contribution in [1.29, 1.82) is 0 Å². The molecule has 0 bridgehead atoms. The van der Waals surface area contributed by atoms with Crippen molar-refractivity contribution in [3.05, 3.63) is 29.4 Å². The molecule has 0 fully saturated rings. The van der Waals surface area contributed by atoms with Crippen LogP contribution in [0.1, 0.15) is 114 Å². The van der Waals surface area contributed by atoms with E-state index in [1.807, 2.05) is 0 Å². The van der Waals surface area contributed by atoms with Crippen LogP contribution in [0.3, 0.4) is 0 Å². The molecule has 0 aliphatic heterocycles. The standard InChI is InChI=1S/C24H42N2O/c1-2-3-4-11-16-21(27)17-12-9-7-5-6-8-10-13-20-24-25-22-18-14-15-19-23(22)26-24/h9,12,21,27H,2-8,10-11,13-20H2,1H3,(H,25,26)/b12-9-/t21-/m1/s1. The Balaban J connectivity index is 1.39. The predicted molar refractivity (Wildman–Crippen MR) is 115 cm³/mol. The Bertz CT molecular complexity index is 497. The number of aliphatic hydroxyl groups is 1. The second-order valence-corrected chi connectivity index (χ2v) is 8.33. The van der Waals surface area contributed by atoms with Gasteiger partial charge in [0.15, 0.2) is 0 Å². The maximum atomic E-state index is 9.94. The summed E-state index contributed by atoms with van der Waals surface area (Å²) in [6, 6.07) is 0. The molecule has 1 aromatic heterocycles. The van der Waals surface area contributed by atoms with Gasteiger partial charge in [0.05, 0.1) is 11.8 Å². The first-order chi connectivity index (χ1) is 13.3. The average molecular weight is 375 g/mol. The minimum absolute atomic E-state index is 0.134. The number of nitrogens with one attached hydrogen (secondary N) is 1. The molecule has 1 aliphatic rings. The number of aromatic amines is 1. The quantitative estimate of drug-likeness (QED) is 0.274. The summed E-state index contributed by atoms with van der Waals surface area (Å²) in [6.07, 6.45) is 24.9. The number of hydrogen-bond donors (Lipinski definition) is 2. The number of aromatic nitrogens is 2. The molecule has 3 heteroatoms. The molecule has 1 heterocycles. The van der Waals surface area contributed by atoms with Crippen molar-refractivity contribution in [2.45, 2.75) is 122 Å². The van der Waals surface area contributed by atoms with E-state index in [0.29, 0.717) is 0 Å². The van der Waals surface area contributed by atoms with E-state index in [9.17, 15) is 5.11 Å². The molecule has 3 nitrogen and oxygen atoms in total. The number of aryl methyl sites for hydroxylation is 3. The van der Waals surface area contributed by atoms with Crippen molar-refractivity contribution in [2.75, 3.05) is 0 Å². The van der Waals surface area contributed by atoms with E-state index < -0.39 is 0 Å². The van der Waals surface area contributed by atoms with Crippen LogP contribution in [0.2, 0.25) is 0 Å². The summed E-state index contributed by atoms with van der Waals surface area (Å²) in [7, 11) is 0. The van der Waals surface area contributed by atoms with Crippen LogP contribution in [0, 0.1) is 0 Å². The third-order valence-corrected chi connectivity index (χ3v) is 5.75. The lowest BCUT2D eigenvalue weighted by Gasteiger charge is -2.07. The van der Waals surface area contributed by atoms with Crippen molar-refractivity contribution in [2.24, 2.45) is 0 Å². The molecule has 0 radical (unpaired) electrons. The number of allylic oxidation sites excluding steroid dienone is 1. The molecule has 27 heavy (non-hydrogen) atoms. The smallest absolute Gasteiger partial charge is 0.106 e. The Morgan fingerprint density at radius 1 is 0.963 bits per heavy atom. The second kappa shape index (κ2) is 14.0. The van der Waals surface area contributed by atoms with Gasteiger partial charge in [-0.3, -0.25) is 0 Å². The van der Waals surface area contributed by atoms with Gasteiger partial charge in [-0.15, -0.1) is 0 Å². The Kier molecular flexibility index (Phi) is 11.5. The maximum Gasteiger partial charge on any atom is 0.106 e. The number of H-pyrrole nitrogens is 1. The van der Waals surface area contributed by atoms with E-state index in [1.54, 1.807) is 0 Å². The Labute approximate surface area is 167 Å². The number of fused-ring (bicyclic) bond motifs is 1. The Hall–Kier alpha value is -1.09. The normalized spacial score (nSPS) is 15.3. The van der Waals surface area contributed by atoms with Crippen LogP contribution in [0.5, 0.6) is 0 Å². The third kappa shape index (κ3) is 9.60. The Morgan fingerprint density at radius 2 is 1.74 bits per heavy atom. The molecule has 154 valence electrons. The monoisotopic (exact) mass is 374 g/mol. The molecule has 0 aromatic carbocycles. The predicted octanol–water partition coefficient (Wildman–Crippen LogP) is 6.45. The third-order valence-electron chi connectivity index (χ3n) is 5.75. The molecule has 0 amide bonds. The van der Waals surface area contributed by atoms with Crippen LogP contribution >= 0.6 is 0 Å². The topological polar surface area (TPSA) is 48.9 Å². The molecular weight excluding hydrogens is 332 g/mol. The van der Waals surface area contributed by atoms with Gasteiger partial charge in [-0.2, -0.15) is 0 Å². The fraction of sp³-hybridized carbons (Fsp3) is 0.792. The zero-order valence-corrected chi connectivity index (χ0v) is 17.6. The van der Waals surface area contributed by atoms with Gasteiger partial charge < -0.3 is 10.1 Å². The largest absolute Gasteiger partial charge is 0.393 e. The fourth-order valence-corrected chi connectivity index (χ4v) is 4.01. The highest BCUT2D eigenvalue weighted by atomic mass is 16.3. The summed E-state index contributed by atoms with van der Waals surface area (Å²) in [5.74, 6) is 1.22. The van der Waals surface area contributed by atoms with Crippen molar-refractivity contribution in [1.82, 2.24) is 9.97 Å². The van der Waals surface area contributed by atoms with Gasteiger partial charge in [0, 0.05) is 12.1 Å². The maximum absolute atomic E-state index is 9.94. The molecule has 1 aliphatic carbocycles. The number of rotatable bonds is 15. The second-order valence-electron chi connectivity index (χ2n) is 8.33. The molecule has 2 N–H and O–H groups in total. The van der Waals surface area contributed by atoms with Crippen LogP contribution in [0.25, 0.3) is 0 Å². The zero-order chi connectivity index (χ0) is 19.2. The van der Waals surface area contributed by atoms with E-state index in [4.69, 9.17) is 4.98 Å². The van der Waals surface area contributed by atoms with Crippen LogP contribution in [-0.2, 0) is 19.3 Å². The first kappa shape index (κ1) is 22.2. The highest BCUT2D eigenvalue weighted by molar-refractivity contribution is 5.17. The molecule has 0 saturated carbocycles. The van der Waals surface area contributed by atoms with E-state index in [1.165, 1.54) is 101 Å². The van der Waals surface area contributed by atoms with Crippen molar-refractivity contribution in [3.63, 3.8) is 0 Å². The van der Waals surface area contributed by atoms with Gasteiger partial charge in [0.1, 0.15) is 5.82 Å². The summed E-state index contributed by atoms with van der Waals surface area (Å²) >= 11 is 0. The minimum atomic E-state index is -0.134. The van der Waals surface area contributed by atoms with E-state index in [-0.39, 0.29) is 6.10 Å². The molecule has 0 saturated heterocycles. The van der Waals surface area contributed by atoms with Crippen LogP contribution < -0.4 is 0 Å². The van der Waals surface area contributed by atoms with Gasteiger partial charge >= 0.3 is 0 Å². The summed E-state index contributed by atoms with van der Waals surface area (Å²) in [5, 5.41) is 9.94. The fourth-order valence-electron chi connectivity index (χ4n) is 4.01. The summed E-state index contributed by atoms with van der Waals surface area (Å²) in [4.78, 5) is 8.32. The SMILES string of the molecule is CCCCCC[C@@H](O)C/C=C\CCCCCCCc1nc2c([nH]1)CCCC2. The summed E-state index contributed by atoms with van der Waals surface area (Å²) in [6.45, 7) is 2.23. The first-order valence-corrected chi connectivity index (χ1v) is 11.7. The Morgan fingerprint density at radius 3 is 2.59 bits per heavy atom. The molecular formula is C24H42N2O. The highest BCUT2D eigenvalue weighted by Crippen LogP contribution is 2.19. The first-order valence-electron chi connectivity index (χ1n) is 11.7. The summed E-state index contributed by atoms with van der Waals surface area (Å²) in [5.41, 5.74) is 2.75. The van der Waals surface area contributed by atoms with Crippen LogP contribution in [-0.4, -0.2) is 21.2 Å². The van der Waals surface area contributed by atoms with Gasteiger partial charge in [0.2, 0.25) is 0 Å². The van der Waals surface area contributed by atoms with E-state index >= 15 is 0 Å². The van der Waals surface area contributed by atoms with Crippen molar-refractivity contribution in [3.8, 4) is 0 Å². The average Bonchev–Trinajstić information content (AvgIpc) is 3.09. The van der Waals surface area contributed by atoms with Gasteiger partial charge in [-0.05, 0) is 57.8 Å². The molecule has 0 spiro atoms. The molecule has 2 rings (SSSR count).